The Morgan fingerprint density at radius 2 is 2.00 bits per heavy atom. The molecule has 0 aliphatic rings. The third kappa shape index (κ3) is 2.16. The van der Waals surface area contributed by atoms with Gasteiger partial charge in [-0.2, -0.15) is 0 Å². The molecule has 0 amide bonds. The maximum Gasteiger partial charge on any atom is 0.229 e. The number of nitrogens with zero attached hydrogens (tertiary/aromatic N) is 1. The zero-order valence-corrected chi connectivity index (χ0v) is 10.1. The van der Waals surface area contributed by atoms with Gasteiger partial charge in [0.25, 0.3) is 0 Å². The zero-order chi connectivity index (χ0) is 12.6. The summed E-state index contributed by atoms with van der Waals surface area (Å²) in [5, 5.41) is 3.64. The number of aryl methyl sites for hydroxylation is 1. The molecule has 0 atom stereocenters. The summed E-state index contributed by atoms with van der Waals surface area (Å²) < 4.78 is 18.7. The van der Waals surface area contributed by atoms with Crippen molar-refractivity contribution in [2.75, 3.05) is 5.73 Å². The minimum Gasteiger partial charge on any atom is -0.367 e. The zero-order valence-electron chi connectivity index (χ0n) is 10.1. The number of aromatic nitrogens is 1. The molecule has 2 aromatic rings. The van der Waals surface area contributed by atoms with Gasteiger partial charge in [0.1, 0.15) is 5.67 Å². The molecule has 2 rings (SSSR count). The first kappa shape index (κ1) is 11.6. The number of rotatable bonds is 2. The first-order valence-corrected chi connectivity index (χ1v) is 5.40. The topological polar surface area (TPSA) is 52.0 Å². The highest BCUT2D eigenvalue weighted by molar-refractivity contribution is 5.75. The van der Waals surface area contributed by atoms with Gasteiger partial charge >= 0.3 is 0 Å². The van der Waals surface area contributed by atoms with E-state index in [4.69, 9.17) is 10.3 Å². The van der Waals surface area contributed by atoms with E-state index in [0.29, 0.717) is 11.1 Å². The van der Waals surface area contributed by atoms with Crippen LogP contribution in [0.3, 0.4) is 0 Å². The highest BCUT2D eigenvalue weighted by atomic mass is 19.1. The first-order chi connectivity index (χ1) is 7.89. The molecule has 0 spiro atoms. The summed E-state index contributed by atoms with van der Waals surface area (Å²) in [4.78, 5) is 0. The van der Waals surface area contributed by atoms with E-state index < -0.39 is 5.67 Å². The summed E-state index contributed by atoms with van der Waals surface area (Å²) in [6.45, 7) is 4.99. The van der Waals surface area contributed by atoms with Gasteiger partial charge in [-0.3, -0.25) is 0 Å². The molecule has 90 valence electrons. The largest absolute Gasteiger partial charge is 0.367 e. The van der Waals surface area contributed by atoms with E-state index in [9.17, 15) is 4.39 Å². The Kier molecular flexibility index (Phi) is 2.65. The van der Waals surface area contributed by atoms with Gasteiger partial charge in [-0.05, 0) is 43.5 Å². The number of nitrogen functional groups attached to an aromatic ring is 1. The minimum atomic E-state index is -1.38. The van der Waals surface area contributed by atoms with Gasteiger partial charge in [-0.1, -0.05) is 17.3 Å². The second kappa shape index (κ2) is 3.87. The Balaban J connectivity index is 2.58. The van der Waals surface area contributed by atoms with Crippen LogP contribution < -0.4 is 5.73 Å². The number of benzene rings is 1. The van der Waals surface area contributed by atoms with Crippen LogP contribution in [-0.2, 0) is 5.67 Å². The number of alkyl halides is 1. The lowest BCUT2D eigenvalue weighted by molar-refractivity contribution is 0.221. The van der Waals surface area contributed by atoms with E-state index in [1.54, 1.807) is 18.3 Å². The molecule has 3 nitrogen and oxygen atoms in total. The van der Waals surface area contributed by atoms with E-state index in [1.807, 2.05) is 13.0 Å². The monoisotopic (exact) mass is 234 g/mol. The van der Waals surface area contributed by atoms with Crippen LogP contribution in [0, 0.1) is 6.92 Å². The van der Waals surface area contributed by atoms with Crippen molar-refractivity contribution < 1.29 is 8.91 Å². The average molecular weight is 234 g/mol. The molecule has 0 radical (unpaired) electrons. The van der Waals surface area contributed by atoms with Gasteiger partial charge in [0, 0.05) is 0 Å². The van der Waals surface area contributed by atoms with Gasteiger partial charge in [0.05, 0.1) is 11.8 Å². The summed E-state index contributed by atoms with van der Waals surface area (Å²) >= 11 is 0. The van der Waals surface area contributed by atoms with Crippen molar-refractivity contribution in [1.29, 1.82) is 0 Å². The molecule has 0 aliphatic carbocycles. The fraction of sp³-hybridized carbons (Fsp3) is 0.308. The molecular formula is C13H15FN2O. The summed E-state index contributed by atoms with van der Waals surface area (Å²) in [5.74, 6) is 0.252. The number of halogens is 1. The lowest BCUT2D eigenvalue weighted by Crippen LogP contribution is -2.09. The Hall–Kier alpha value is -1.84. The van der Waals surface area contributed by atoms with Crippen LogP contribution in [0.15, 0.2) is 28.9 Å². The predicted molar refractivity (Wildman–Crippen MR) is 65.2 cm³/mol. The molecule has 0 saturated heterocycles. The molecule has 0 unspecified atom stereocenters. The maximum absolute atomic E-state index is 13.9. The molecule has 2 N–H and O–H groups in total. The van der Waals surface area contributed by atoms with Crippen molar-refractivity contribution in [2.45, 2.75) is 26.4 Å². The van der Waals surface area contributed by atoms with Crippen molar-refractivity contribution in [3.8, 4) is 11.1 Å². The summed E-state index contributed by atoms with van der Waals surface area (Å²) in [6.07, 6.45) is 1.55. The minimum absolute atomic E-state index is 0.252. The molecule has 4 heteroatoms. The van der Waals surface area contributed by atoms with E-state index in [0.717, 1.165) is 11.1 Å². The highest BCUT2D eigenvalue weighted by Crippen LogP contribution is 2.33. The summed E-state index contributed by atoms with van der Waals surface area (Å²) in [6, 6.07) is 5.44. The van der Waals surface area contributed by atoms with Crippen molar-refractivity contribution in [2.24, 2.45) is 0 Å². The van der Waals surface area contributed by atoms with E-state index >= 15 is 0 Å². The summed E-state index contributed by atoms with van der Waals surface area (Å²) in [5.41, 5.74) is 7.47. The number of hydrogen-bond acceptors (Lipinski definition) is 3. The van der Waals surface area contributed by atoms with E-state index in [1.165, 1.54) is 13.8 Å². The Morgan fingerprint density at radius 1 is 1.29 bits per heavy atom. The molecule has 0 bridgehead atoms. The fourth-order valence-corrected chi connectivity index (χ4v) is 1.73. The molecular weight excluding hydrogens is 219 g/mol. The lowest BCUT2D eigenvalue weighted by Gasteiger charge is -2.16. The van der Waals surface area contributed by atoms with Gasteiger partial charge < -0.3 is 10.3 Å². The van der Waals surface area contributed by atoms with Crippen LogP contribution in [0.4, 0.5) is 10.3 Å². The molecule has 1 heterocycles. The maximum atomic E-state index is 13.9. The third-order valence-electron chi connectivity index (χ3n) is 2.81. The molecule has 1 aromatic carbocycles. The Labute approximate surface area is 99.4 Å². The van der Waals surface area contributed by atoms with Crippen molar-refractivity contribution in [1.82, 2.24) is 5.16 Å². The fourth-order valence-electron chi connectivity index (χ4n) is 1.73. The number of nitrogens with two attached hydrogens (primary N) is 1. The SMILES string of the molecule is Cc1ccc(C(C)(C)F)cc1-c1cnoc1N. The molecule has 0 aliphatic heterocycles. The molecule has 1 aromatic heterocycles. The Morgan fingerprint density at radius 3 is 2.53 bits per heavy atom. The smallest absolute Gasteiger partial charge is 0.229 e. The first-order valence-electron chi connectivity index (χ1n) is 5.40. The second-order valence-electron chi connectivity index (χ2n) is 4.61. The van der Waals surface area contributed by atoms with Gasteiger partial charge in [0.2, 0.25) is 5.88 Å². The average Bonchev–Trinajstić information content (AvgIpc) is 2.63. The standard InChI is InChI=1S/C13H15FN2O/c1-8-4-5-9(13(2,3)14)6-10(8)11-7-16-17-12(11)15/h4-7H,15H2,1-3H3. The Bertz CT molecular complexity index is 541. The lowest BCUT2D eigenvalue weighted by atomic mass is 9.93. The van der Waals surface area contributed by atoms with Crippen LogP contribution >= 0.6 is 0 Å². The van der Waals surface area contributed by atoms with Crippen molar-refractivity contribution >= 4 is 5.88 Å². The quantitative estimate of drug-likeness (QED) is 0.866. The van der Waals surface area contributed by atoms with Crippen LogP contribution in [0.5, 0.6) is 0 Å². The normalized spacial score (nSPS) is 11.8. The molecule has 0 fully saturated rings. The van der Waals surface area contributed by atoms with Crippen molar-refractivity contribution in [3.63, 3.8) is 0 Å². The van der Waals surface area contributed by atoms with Crippen molar-refractivity contribution in [3.05, 3.63) is 35.5 Å². The number of anilines is 1. The summed E-state index contributed by atoms with van der Waals surface area (Å²) in [7, 11) is 0. The predicted octanol–water partition coefficient (Wildman–Crippen LogP) is 3.44. The highest BCUT2D eigenvalue weighted by Gasteiger charge is 2.20. The van der Waals surface area contributed by atoms with Gasteiger partial charge in [0.15, 0.2) is 0 Å². The van der Waals surface area contributed by atoms with Crippen LogP contribution in [0.25, 0.3) is 11.1 Å². The third-order valence-corrected chi connectivity index (χ3v) is 2.81. The van der Waals surface area contributed by atoms with Crippen LogP contribution in [0.1, 0.15) is 25.0 Å². The molecule has 17 heavy (non-hydrogen) atoms. The van der Waals surface area contributed by atoms with Gasteiger partial charge in [-0.25, -0.2) is 4.39 Å². The molecule has 0 saturated carbocycles. The number of hydrogen-bond donors (Lipinski definition) is 1. The van der Waals surface area contributed by atoms with Gasteiger partial charge in [-0.15, -0.1) is 0 Å². The van der Waals surface area contributed by atoms with E-state index in [-0.39, 0.29) is 5.88 Å². The van der Waals surface area contributed by atoms with Crippen LogP contribution in [0.2, 0.25) is 0 Å². The second-order valence-corrected chi connectivity index (χ2v) is 4.61. The van der Waals surface area contributed by atoms with E-state index in [2.05, 4.69) is 5.16 Å². The van der Waals surface area contributed by atoms with Crippen LogP contribution in [-0.4, -0.2) is 5.16 Å².